The maximum absolute atomic E-state index is 13.2. The summed E-state index contributed by atoms with van der Waals surface area (Å²) >= 11 is 0. The molecule has 0 spiro atoms. The molecule has 21 heavy (non-hydrogen) atoms. The van der Waals surface area contributed by atoms with E-state index in [1.54, 1.807) is 12.1 Å². The molecule has 0 amide bonds. The Labute approximate surface area is 122 Å². The number of halogens is 1. The molecule has 106 valence electrons. The zero-order chi connectivity index (χ0) is 14.2. The van der Waals surface area contributed by atoms with E-state index in [0.717, 1.165) is 35.3 Å². The largest absolute Gasteiger partial charge is 0.341 e. The third-order valence-corrected chi connectivity index (χ3v) is 4.14. The number of hydrogen-bond donors (Lipinski definition) is 2. The number of nitrogens with zero attached hydrogens (tertiary/aromatic N) is 1. The molecule has 0 saturated heterocycles. The Morgan fingerprint density at radius 1 is 1.24 bits per heavy atom. The number of fused-ring (bicyclic) bond motifs is 2. The number of rotatable bonds is 3. The predicted molar refractivity (Wildman–Crippen MR) is 80.4 cm³/mol. The molecule has 4 heteroatoms. The Morgan fingerprint density at radius 2 is 2.14 bits per heavy atom. The van der Waals surface area contributed by atoms with Crippen LogP contribution in [-0.4, -0.2) is 9.97 Å². The van der Waals surface area contributed by atoms with Crippen LogP contribution in [0.25, 0.3) is 11.0 Å². The predicted octanol–water partition coefficient (Wildman–Crippen LogP) is 3.48. The minimum Gasteiger partial charge on any atom is -0.341 e. The Balaban J connectivity index is 1.51. The fourth-order valence-electron chi connectivity index (χ4n) is 3.11. The summed E-state index contributed by atoms with van der Waals surface area (Å²) in [5.41, 5.74) is 4.39. The van der Waals surface area contributed by atoms with Crippen molar-refractivity contribution < 1.29 is 4.39 Å². The summed E-state index contributed by atoms with van der Waals surface area (Å²) < 4.78 is 13.2. The highest BCUT2D eigenvalue weighted by Gasteiger charge is 2.22. The topological polar surface area (TPSA) is 40.7 Å². The van der Waals surface area contributed by atoms with Gasteiger partial charge < -0.3 is 10.3 Å². The molecule has 0 fully saturated rings. The zero-order valence-electron chi connectivity index (χ0n) is 11.6. The van der Waals surface area contributed by atoms with Gasteiger partial charge in [0, 0.05) is 6.04 Å². The van der Waals surface area contributed by atoms with Crippen LogP contribution in [0.3, 0.4) is 0 Å². The molecular weight excluding hydrogens is 265 g/mol. The van der Waals surface area contributed by atoms with Gasteiger partial charge in [0.25, 0.3) is 0 Å². The summed E-state index contributed by atoms with van der Waals surface area (Å²) in [7, 11) is 0. The van der Waals surface area contributed by atoms with Gasteiger partial charge in [0.05, 0.1) is 17.6 Å². The van der Waals surface area contributed by atoms with E-state index < -0.39 is 0 Å². The molecule has 2 aromatic carbocycles. The molecule has 1 aliphatic carbocycles. The summed E-state index contributed by atoms with van der Waals surface area (Å²) in [5.74, 6) is 0.790. The Hall–Kier alpha value is -2.20. The molecule has 3 aromatic rings. The van der Waals surface area contributed by atoms with E-state index >= 15 is 0 Å². The third kappa shape index (κ3) is 2.32. The lowest BCUT2D eigenvalue weighted by Gasteiger charge is -2.12. The number of aromatic nitrogens is 2. The second kappa shape index (κ2) is 4.97. The first-order valence-corrected chi connectivity index (χ1v) is 7.25. The number of aryl methyl sites for hydroxylation is 1. The molecule has 0 bridgehead atoms. The van der Waals surface area contributed by atoms with Gasteiger partial charge in [0.2, 0.25) is 0 Å². The van der Waals surface area contributed by atoms with Crippen LogP contribution in [0.1, 0.15) is 29.4 Å². The smallest absolute Gasteiger partial charge is 0.123 e. The molecule has 3 nitrogen and oxygen atoms in total. The summed E-state index contributed by atoms with van der Waals surface area (Å²) in [4.78, 5) is 7.88. The SMILES string of the molecule is Fc1ccc2c(c1)CCC2NCc1nc2ccccc2[nH]1. The highest BCUT2D eigenvalue weighted by atomic mass is 19.1. The van der Waals surface area contributed by atoms with Crippen LogP contribution >= 0.6 is 0 Å². The quantitative estimate of drug-likeness (QED) is 0.771. The van der Waals surface area contributed by atoms with Crippen molar-refractivity contribution in [3.63, 3.8) is 0 Å². The number of benzene rings is 2. The summed E-state index contributed by atoms with van der Waals surface area (Å²) in [6, 6.07) is 13.4. The Bertz CT molecular complexity index is 761. The number of para-hydroxylation sites is 2. The van der Waals surface area contributed by atoms with E-state index in [9.17, 15) is 4.39 Å². The van der Waals surface area contributed by atoms with Gasteiger partial charge in [0.1, 0.15) is 11.6 Å². The number of imidazole rings is 1. The lowest BCUT2D eigenvalue weighted by Crippen LogP contribution is -2.19. The standard InChI is InChI=1S/C17H16FN3/c18-12-6-7-13-11(9-12)5-8-14(13)19-10-17-20-15-3-1-2-4-16(15)21-17/h1-4,6-7,9,14,19H,5,8,10H2,(H,20,21). The molecule has 0 saturated carbocycles. The van der Waals surface area contributed by atoms with Crippen LogP contribution in [0.2, 0.25) is 0 Å². The van der Waals surface area contributed by atoms with Gasteiger partial charge in [-0.1, -0.05) is 18.2 Å². The Morgan fingerprint density at radius 3 is 3.05 bits per heavy atom. The van der Waals surface area contributed by atoms with Gasteiger partial charge in [-0.15, -0.1) is 0 Å². The van der Waals surface area contributed by atoms with Gasteiger partial charge in [0.15, 0.2) is 0 Å². The van der Waals surface area contributed by atoms with Gasteiger partial charge in [-0.2, -0.15) is 0 Å². The fraction of sp³-hybridized carbons (Fsp3) is 0.235. The molecule has 0 radical (unpaired) electrons. The number of hydrogen-bond acceptors (Lipinski definition) is 2. The van der Waals surface area contributed by atoms with Crippen molar-refractivity contribution >= 4 is 11.0 Å². The van der Waals surface area contributed by atoms with Crippen molar-refractivity contribution in [3.05, 3.63) is 65.2 Å². The van der Waals surface area contributed by atoms with Crippen LogP contribution in [0.15, 0.2) is 42.5 Å². The highest BCUT2D eigenvalue weighted by Crippen LogP contribution is 2.31. The Kier molecular flexibility index (Phi) is 2.97. The minimum atomic E-state index is -0.147. The van der Waals surface area contributed by atoms with Crippen LogP contribution < -0.4 is 5.32 Å². The zero-order valence-corrected chi connectivity index (χ0v) is 11.6. The first kappa shape index (κ1) is 12.5. The van der Waals surface area contributed by atoms with Crippen LogP contribution in [0.5, 0.6) is 0 Å². The second-order valence-corrected chi connectivity index (χ2v) is 5.52. The van der Waals surface area contributed by atoms with Crippen molar-refractivity contribution in [3.8, 4) is 0 Å². The lowest BCUT2D eigenvalue weighted by molar-refractivity contribution is 0.521. The summed E-state index contributed by atoms with van der Waals surface area (Å²) in [5, 5.41) is 3.52. The van der Waals surface area contributed by atoms with Crippen LogP contribution in [0, 0.1) is 5.82 Å². The van der Waals surface area contributed by atoms with Gasteiger partial charge >= 0.3 is 0 Å². The number of H-pyrrole nitrogens is 1. The van der Waals surface area contributed by atoms with Crippen molar-refractivity contribution in [2.75, 3.05) is 0 Å². The first-order valence-electron chi connectivity index (χ1n) is 7.25. The van der Waals surface area contributed by atoms with Gasteiger partial charge in [-0.3, -0.25) is 0 Å². The van der Waals surface area contributed by atoms with Crippen molar-refractivity contribution in [1.29, 1.82) is 0 Å². The molecule has 1 atom stereocenters. The van der Waals surface area contributed by atoms with Crippen molar-refractivity contribution in [2.24, 2.45) is 0 Å². The van der Waals surface area contributed by atoms with Gasteiger partial charge in [-0.25, -0.2) is 9.37 Å². The normalized spacial score (nSPS) is 17.3. The maximum Gasteiger partial charge on any atom is 0.123 e. The number of aromatic amines is 1. The summed E-state index contributed by atoms with van der Waals surface area (Å²) in [6.07, 6.45) is 1.95. The van der Waals surface area contributed by atoms with Gasteiger partial charge in [-0.05, 0) is 48.2 Å². The second-order valence-electron chi connectivity index (χ2n) is 5.52. The fourth-order valence-corrected chi connectivity index (χ4v) is 3.11. The van der Waals surface area contributed by atoms with E-state index in [0.29, 0.717) is 6.54 Å². The summed E-state index contributed by atoms with van der Waals surface area (Å²) in [6.45, 7) is 0.691. The molecule has 1 aromatic heterocycles. The molecule has 2 N–H and O–H groups in total. The minimum absolute atomic E-state index is 0.147. The van der Waals surface area contributed by atoms with Crippen LogP contribution in [-0.2, 0) is 13.0 Å². The molecule has 1 aliphatic rings. The lowest BCUT2D eigenvalue weighted by atomic mass is 10.1. The average molecular weight is 281 g/mol. The monoisotopic (exact) mass is 281 g/mol. The van der Waals surface area contributed by atoms with Crippen LogP contribution in [0.4, 0.5) is 4.39 Å². The number of nitrogens with one attached hydrogen (secondary N) is 2. The molecular formula is C17H16FN3. The van der Waals surface area contributed by atoms with E-state index in [4.69, 9.17) is 0 Å². The first-order chi connectivity index (χ1) is 10.3. The third-order valence-electron chi connectivity index (χ3n) is 4.14. The average Bonchev–Trinajstić information content (AvgIpc) is 3.07. The molecule has 0 aliphatic heterocycles. The van der Waals surface area contributed by atoms with Crippen molar-refractivity contribution in [2.45, 2.75) is 25.4 Å². The van der Waals surface area contributed by atoms with E-state index in [1.165, 1.54) is 5.56 Å². The maximum atomic E-state index is 13.2. The van der Waals surface area contributed by atoms with E-state index in [1.807, 2.05) is 30.3 Å². The molecule has 1 heterocycles. The molecule has 4 rings (SSSR count). The van der Waals surface area contributed by atoms with E-state index in [-0.39, 0.29) is 11.9 Å². The van der Waals surface area contributed by atoms with E-state index in [2.05, 4.69) is 15.3 Å². The highest BCUT2D eigenvalue weighted by molar-refractivity contribution is 5.74. The van der Waals surface area contributed by atoms with Crippen molar-refractivity contribution in [1.82, 2.24) is 15.3 Å². The molecule has 1 unspecified atom stereocenters.